The predicted molar refractivity (Wildman–Crippen MR) is 106 cm³/mol. The maximum atomic E-state index is 14.9. The number of hydrogen-bond donors (Lipinski definition) is 1. The van der Waals surface area contributed by atoms with Crippen molar-refractivity contribution in [2.45, 2.75) is 24.7 Å². The van der Waals surface area contributed by atoms with E-state index in [2.05, 4.69) is 10.3 Å². The number of aryl methyl sites for hydroxylation is 1. The number of piperidine rings is 1. The SMILES string of the molecule is COc1ccc(C23CCN(C(=O)c4c[nH]c5c(C)cn(N=O)c45)CC2C3(F)F)cc1. The highest BCUT2D eigenvalue weighted by atomic mass is 19.3. The molecule has 2 atom stereocenters. The van der Waals surface area contributed by atoms with E-state index in [9.17, 15) is 18.5 Å². The molecule has 30 heavy (non-hydrogen) atoms. The van der Waals surface area contributed by atoms with Gasteiger partial charge in [-0.25, -0.2) is 13.5 Å². The van der Waals surface area contributed by atoms with Crippen LogP contribution in [-0.4, -0.2) is 46.6 Å². The highest BCUT2D eigenvalue weighted by Crippen LogP contribution is 2.70. The molecule has 1 amide bonds. The second-order valence-corrected chi connectivity index (χ2v) is 8.04. The van der Waals surface area contributed by atoms with Gasteiger partial charge in [0.05, 0.1) is 34.8 Å². The number of benzene rings is 1. The average Bonchev–Trinajstić information content (AvgIpc) is 3.09. The van der Waals surface area contributed by atoms with Gasteiger partial charge in [0.15, 0.2) is 0 Å². The van der Waals surface area contributed by atoms with E-state index in [0.29, 0.717) is 22.3 Å². The first kappa shape index (κ1) is 18.8. The number of H-pyrrole nitrogens is 1. The largest absolute Gasteiger partial charge is 0.497 e. The van der Waals surface area contributed by atoms with E-state index in [-0.39, 0.29) is 31.0 Å². The number of carbonyl (C=O) groups excluding carboxylic acids is 1. The number of aromatic nitrogens is 2. The number of hydrogen-bond acceptors (Lipinski definition) is 4. The Morgan fingerprint density at radius 1 is 1.30 bits per heavy atom. The minimum atomic E-state index is -2.88. The highest BCUT2D eigenvalue weighted by Gasteiger charge is 2.81. The zero-order valence-corrected chi connectivity index (χ0v) is 16.5. The van der Waals surface area contributed by atoms with Gasteiger partial charge in [0.1, 0.15) is 11.3 Å². The van der Waals surface area contributed by atoms with E-state index in [4.69, 9.17) is 4.74 Å². The number of amides is 1. The molecular weight excluding hydrogens is 394 g/mol. The van der Waals surface area contributed by atoms with Gasteiger partial charge in [0.25, 0.3) is 11.8 Å². The molecule has 2 aliphatic rings. The van der Waals surface area contributed by atoms with Gasteiger partial charge in [-0.05, 0) is 36.6 Å². The van der Waals surface area contributed by atoms with Gasteiger partial charge in [-0.3, -0.25) is 4.79 Å². The Bertz CT molecular complexity index is 1170. The van der Waals surface area contributed by atoms with Gasteiger partial charge in [0, 0.05) is 25.5 Å². The summed E-state index contributed by atoms with van der Waals surface area (Å²) >= 11 is 0. The van der Waals surface area contributed by atoms with Gasteiger partial charge < -0.3 is 14.6 Å². The molecule has 1 aliphatic heterocycles. The quantitative estimate of drug-likeness (QED) is 0.659. The molecule has 3 heterocycles. The van der Waals surface area contributed by atoms with Crippen molar-refractivity contribution in [2.75, 3.05) is 20.2 Å². The van der Waals surface area contributed by atoms with E-state index < -0.39 is 17.3 Å². The lowest BCUT2D eigenvalue weighted by molar-refractivity contribution is 0.0691. The third-order valence-corrected chi connectivity index (χ3v) is 6.73. The molecule has 1 aromatic carbocycles. The lowest BCUT2D eigenvalue weighted by atomic mass is 9.86. The van der Waals surface area contributed by atoms with Crippen LogP contribution in [0.3, 0.4) is 0 Å². The fourth-order valence-electron chi connectivity index (χ4n) is 5.04. The van der Waals surface area contributed by atoms with Crippen molar-refractivity contribution in [1.29, 1.82) is 0 Å². The summed E-state index contributed by atoms with van der Waals surface area (Å²) in [5, 5.41) is 2.94. The van der Waals surface area contributed by atoms with Crippen LogP contribution >= 0.6 is 0 Å². The Hall–Kier alpha value is -3.23. The summed E-state index contributed by atoms with van der Waals surface area (Å²) < 4.78 is 36.1. The Balaban J connectivity index is 1.44. The summed E-state index contributed by atoms with van der Waals surface area (Å²) in [6, 6.07) is 6.75. The molecule has 1 N–H and O–H groups in total. The van der Waals surface area contributed by atoms with E-state index in [0.717, 1.165) is 10.2 Å². The number of fused-ring (bicyclic) bond motifs is 2. The monoisotopic (exact) mass is 414 g/mol. The number of halogens is 2. The number of carbonyl (C=O) groups is 1. The molecule has 1 saturated carbocycles. The number of rotatable bonds is 4. The highest BCUT2D eigenvalue weighted by molar-refractivity contribution is 6.06. The molecule has 156 valence electrons. The van der Waals surface area contributed by atoms with Crippen LogP contribution in [0.5, 0.6) is 5.75 Å². The number of alkyl halides is 2. The summed E-state index contributed by atoms with van der Waals surface area (Å²) in [7, 11) is 1.53. The molecule has 3 aromatic rings. The Labute approximate surface area is 170 Å². The molecular formula is C21H20F2N4O3. The predicted octanol–water partition coefficient (Wildman–Crippen LogP) is 3.86. The van der Waals surface area contributed by atoms with Gasteiger partial charge in [-0.1, -0.05) is 12.1 Å². The molecule has 2 fully saturated rings. The summed E-state index contributed by atoms with van der Waals surface area (Å²) in [6.07, 6.45) is 3.21. The zero-order chi connectivity index (χ0) is 21.3. The van der Waals surface area contributed by atoms with Crippen LogP contribution in [0.4, 0.5) is 8.78 Å². The summed E-state index contributed by atoms with van der Waals surface area (Å²) in [4.78, 5) is 28.7. The van der Waals surface area contributed by atoms with E-state index >= 15 is 0 Å². The first-order valence-corrected chi connectivity index (χ1v) is 9.69. The van der Waals surface area contributed by atoms with Gasteiger partial charge in [-0.15, -0.1) is 4.91 Å². The number of nitrogens with one attached hydrogen (secondary N) is 1. The Kier molecular flexibility index (Phi) is 3.84. The van der Waals surface area contributed by atoms with Crippen molar-refractivity contribution >= 4 is 16.9 Å². The molecule has 2 unspecified atom stereocenters. The number of nitroso groups, excluding NO2 is 1. The van der Waals surface area contributed by atoms with Crippen LogP contribution in [0, 0.1) is 17.7 Å². The Morgan fingerprint density at radius 3 is 2.67 bits per heavy atom. The standard InChI is InChI=1S/C21H20F2N4O3/c1-12-10-27(25-29)18-15(9-24-17(12)18)19(28)26-8-7-20(16(11-26)21(20,22)23)13-3-5-14(30-2)6-4-13/h3-6,9-10,16,24H,7-8,11H2,1-2H3. The van der Waals surface area contributed by atoms with Gasteiger partial charge in [0.2, 0.25) is 0 Å². The second kappa shape index (κ2) is 6.13. The minimum Gasteiger partial charge on any atom is -0.497 e. The average molecular weight is 414 g/mol. The van der Waals surface area contributed by atoms with E-state index in [1.54, 1.807) is 31.2 Å². The normalized spacial score (nSPS) is 24.5. The van der Waals surface area contributed by atoms with Crippen molar-refractivity contribution < 1.29 is 18.3 Å². The second-order valence-electron chi connectivity index (χ2n) is 8.04. The van der Waals surface area contributed by atoms with E-state index in [1.807, 2.05) is 0 Å². The smallest absolute Gasteiger partial charge is 0.263 e. The van der Waals surface area contributed by atoms with Crippen LogP contribution in [0.2, 0.25) is 0 Å². The van der Waals surface area contributed by atoms with Crippen LogP contribution in [0.15, 0.2) is 41.9 Å². The number of ether oxygens (including phenoxy) is 1. The fourth-order valence-corrected chi connectivity index (χ4v) is 5.04. The molecule has 5 rings (SSSR count). The molecule has 1 saturated heterocycles. The van der Waals surface area contributed by atoms with Crippen LogP contribution in [-0.2, 0) is 5.41 Å². The molecule has 9 heteroatoms. The third kappa shape index (κ3) is 2.26. The summed E-state index contributed by atoms with van der Waals surface area (Å²) in [6.45, 7) is 1.96. The van der Waals surface area contributed by atoms with Gasteiger partial charge in [-0.2, -0.15) is 0 Å². The van der Waals surface area contributed by atoms with Crippen LogP contribution in [0.25, 0.3) is 11.0 Å². The summed E-state index contributed by atoms with van der Waals surface area (Å²) in [5.41, 5.74) is 1.38. The topological polar surface area (TPSA) is 79.7 Å². The van der Waals surface area contributed by atoms with Crippen molar-refractivity contribution in [2.24, 2.45) is 11.2 Å². The minimum absolute atomic E-state index is 0.0429. The summed E-state index contributed by atoms with van der Waals surface area (Å²) in [5.74, 6) is -3.59. The Morgan fingerprint density at radius 2 is 2.03 bits per heavy atom. The van der Waals surface area contributed by atoms with Crippen molar-refractivity contribution in [3.63, 3.8) is 0 Å². The number of aromatic amines is 1. The van der Waals surface area contributed by atoms with Crippen molar-refractivity contribution in [1.82, 2.24) is 14.6 Å². The molecule has 0 bridgehead atoms. The third-order valence-electron chi connectivity index (χ3n) is 6.73. The molecule has 2 aromatic heterocycles. The molecule has 0 radical (unpaired) electrons. The molecule has 0 spiro atoms. The lowest BCUT2D eigenvalue weighted by Crippen LogP contribution is -2.40. The maximum absolute atomic E-state index is 14.9. The number of nitrogens with zero attached hydrogens (tertiary/aromatic N) is 3. The first-order chi connectivity index (χ1) is 14.3. The van der Waals surface area contributed by atoms with Crippen LogP contribution in [0.1, 0.15) is 27.9 Å². The first-order valence-electron chi connectivity index (χ1n) is 9.69. The van der Waals surface area contributed by atoms with Crippen LogP contribution < -0.4 is 4.74 Å². The fraction of sp³-hybridized carbons (Fsp3) is 0.381. The van der Waals surface area contributed by atoms with Gasteiger partial charge >= 0.3 is 0 Å². The zero-order valence-electron chi connectivity index (χ0n) is 16.5. The maximum Gasteiger partial charge on any atom is 0.263 e. The lowest BCUT2D eigenvalue weighted by Gasteiger charge is -2.30. The van der Waals surface area contributed by atoms with E-state index in [1.165, 1.54) is 24.4 Å². The molecule has 7 nitrogen and oxygen atoms in total. The van der Waals surface area contributed by atoms with Crippen molar-refractivity contribution in [3.8, 4) is 5.75 Å². The number of methoxy groups -OCH3 is 1. The molecule has 1 aliphatic carbocycles. The number of likely N-dealkylation sites (tertiary alicyclic amines) is 1. The van der Waals surface area contributed by atoms with Crippen molar-refractivity contribution in [3.05, 3.63) is 58.3 Å².